The van der Waals surface area contributed by atoms with Gasteiger partial charge in [-0.1, -0.05) is 0 Å². The van der Waals surface area contributed by atoms with E-state index in [0.29, 0.717) is 19.3 Å². The second kappa shape index (κ2) is 8.57. The minimum Gasteiger partial charge on any atom is -0.434 e. The Morgan fingerprint density at radius 1 is 1.50 bits per heavy atom. The summed E-state index contributed by atoms with van der Waals surface area (Å²) < 4.78 is 74.8. The zero-order valence-corrected chi connectivity index (χ0v) is 17.7. The second-order valence-corrected chi connectivity index (χ2v) is 10.3. The highest BCUT2D eigenvalue weighted by Crippen LogP contribution is 2.39. The largest absolute Gasteiger partial charge is 0.434 e. The van der Waals surface area contributed by atoms with Crippen molar-refractivity contribution in [2.45, 2.75) is 47.5 Å². The molecule has 0 bridgehead atoms. The number of rotatable bonds is 5. The number of likely N-dealkylation sites (tertiary alicyclic amines) is 1. The maximum Gasteiger partial charge on any atom is 0.427 e. The molecule has 14 heteroatoms. The maximum absolute atomic E-state index is 12.7. The number of aromatic nitrogens is 1. The molecule has 0 radical (unpaired) electrons. The molecule has 30 heavy (non-hydrogen) atoms. The molecule has 1 spiro atoms. The molecule has 1 N–H and O–H groups in total. The highest BCUT2D eigenvalue weighted by molar-refractivity contribution is 7.91. The van der Waals surface area contributed by atoms with Crippen molar-refractivity contribution in [3.8, 4) is 0 Å². The van der Waals surface area contributed by atoms with Crippen LogP contribution in [-0.4, -0.2) is 91.1 Å². The van der Waals surface area contributed by atoms with Crippen molar-refractivity contribution in [2.24, 2.45) is 0 Å². The summed E-state index contributed by atoms with van der Waals surface area (Å²) in [5.74, 6) is 0. The topological polar surface area (TPSA) is 109 Å². The van der Waals surface area contributed by atoms with Crippen LogP contribution in [0.1, 0.15) is 19.3 Å². The van der Waals surface area contributed by atoms with Crippen LogP contribution in [0.15, 0.2) is 15.9 Å². The minimum absolute atomic E-state index is 0.00776. The number of amides is 1. The average Bonchev–Trinajstić information content (AvgIpc) is 3.36. The summed E-state index contributed by atoms with van der Waals surface area (Å²) in [6, 6.07) is -0.415. The molecule has 1 aromatic heterocycles. The van der Waals surface area contributed by atoms with Crippen LogP contribution in [0, 0.1) is 0 Å². The number of likely N-dealkylation sites (N-methyl/N-ethyl adjacent to an activating group) is 1. The Morgan fingerprint density at radius 2 is 2.17 bits per heavy atom. The summed E-state index contributed by atoms with van der Waals surface area (Å²) in [7, 11) is -2.28. The number of aliphatic hydroxyl groups excluding tert-OH is 1. The predicted octanol–water partition coefficient (Wildman–Crippen LogP) is 1.45. The normalized spacial score (nSPS) is 23.1. The number of nitrogens with zero attached hydrogens (tertiary/aromatic N) is 3. The molecule has 170 valence electrons. The summed E-state index contributed by atoms with van der Waals surface area (Å²) in [6.07, 6.45) is -6.10. The van der Waals surface area contributed by atoms with Gasteiger partial charge in [-0.15, -0.1) is 11.3 Å². The first-order chi connectivity index (χ1) is 14.0. The molecule has 0 aliphatic carbocycles. The Balaban J connectivity index is 1.57. The van der Waals surface area contributed by atoms with E-state index in [0.717, 1.165) is 16.2 Å². The number of carbonyl (C=O) groups is 1. The van der Waals surface area contributed by atoms with Gasteiger partial charge in [0.15, 0.2) is 0 Å². The van der Waals surface area contributed by atoms with E-state index in [9.17, 15) is 26.4 Å². The molecule has 2 saturated heterocycles. The van der Waals surface area contributed by atoms with Crippen LogP contribution in [0.5, 0.6) is 0 Å². The number of halogens is 3. The maximum atomic E-state index is 12.7. The zero-order valence-electron chi connectivity index (χ0n) is 16.0. The minimum atomic E-state index is -4.85. The van der Waals surface area contributed by atoms with E-state index in [4.69, 9.17) is 9.84 Å². The van der Waals surface area contributed by atoms with Gasteiger partial charge in [0.25, 0.3) is 10.0 Å². The van der Waals surface area contributed by atoms with Gasteiger partial charge in [0.1, 0.15) is 0 Å². The Kier molecular flexibility index (Phi) is 6.63. The first-order valence-electron chi connectivity index (χ1n) is 9.13. The third-order valence-corrected chi connectivity index (χ3v) is 8.51. The van der Waals surface area contributed by atoms with Crippen LogP contribution in [0.2, 0.25) is 0 Å². The van der Waals surface area contributed by atoms with Gasteiger partial charge >= 0.3 is 12.3 Å². The van der Waals surface area contributed by atoms with Gasteiger partial charge in [0.2, 0.25) is 10.4 Å². The van der Waals surface area contributed by atoms with Crippen molar-refractivity contribution in [1.29, 1.82) is 0 Å². The van der Waals surface area contributed by atoms with E-state index in [1.807, 2.05) is 0 Å². The van der Waals surface area contributed by atoms with Gasteiger partial charge in [-0.25, -0.2) is 18.2 Å². The van der Waals surface area contributed by atoms with E-state index < -0.39 is 46.6 Å². The molecule has 3 heterocycles. The van der Waals surface area contributed by atoms with Gasteiger partial charge in [0, 0.05) is 31.7 Å². The number of sulfonamides is 1. The number of hydrogen-bond donors (Lipinski definition) is 1. The Bertz CT molecular complexity index is 841. The number of hydrogen-bond acceptors (Lipinski definition) is 8. The molecule has 0 saturated carbocycles. The SMILES string of the molecule is CN([C@H]1COC2(CCN(C(=O)O[C@H](CO)C(F)(F)F)CC2)C1)S(=O)(=O)c1nccs1. The molecule has 9 nitrogen and oxygen atoms in total. The first kappa shape index (κ1) is 23.2. The highest BCUT2D eigenvalue weighted by Gasteiger charge is 2.48. The van der Waals surface area contributed by atoms with Gasteiger partial charge in [-0.05, 0) is 19.3 Å². The molecule has 2 aliphatic rings. The summed E-state index contributed by atoms with van der Waals surface area (Å²) in [4.78, 5) is 17.0. The van der Waals surface area contributed by atoms with Gasteiger partial charge in [-0.3, -0.25) is 0 Å². The van der Waals surface area contributed by atoms with Crippen molar-refractivity contribution in [2.75, 3.05) is 33.4 Å². The fourth-order valence-electron chi connectivity index (χ4n) is 3.56. The van der Waals surface area contributed by atoms with Crippen LogP contribution >= 0.6 is 11.3 Å². The lowest BCUT2D eigenvalue weighted by Crippen LogP contribution is -2.49. The van der Waals surface area contributed by atoms with Gasteiger partial charge in [-0.2, -0.15) is 17.5 Å². The first-order valence-corrected chi connectivity index (χ1v) is 11.5. The Labute approximate surface area is 175 Å². The number of ether oxygens (including phenoxy) is 2. The van der Waals surface area contributed by atoms with Crippen LogP contribution in [0.25, 0.3) is 0 Å². The van der Waals surface area contributed by atoms with E-state index in [2.05, 4.69) is 9.72 Å². The number of thiazole rings is 1. The molecule has 1 amide bonds. The van der Waals surface area contributed by atoms with Crippen molar-refractivity contribution in [1.82, 2.24) is 14.2 Å². The lowest BCUT2D eigenvalue weighted by Gasteiger charge is -2.38. The summed E-state index contributed by atoms with van der Waals surface area (Å²) in [6.45, 7) is -0.973. The van der Waals surface area contributed by atoms with Crippen molar-refractivity contribution >= 4 is 27.5 Å². The quantitative estimate of drug-likeness (QED) is 0.689. The summed E-state index contributed by atoms with van der Waals surface area (Å²) in [5, 5.41) is 10.4. The summed E-state index contributed by atoms with van der Waals surface area (Å²) in [5.41, 5.74) is -0.658. The van der Waals surface area contributed by atoms with Crippen LogP contribution in [0.4, 0.5) is 18.0 Å². The molecule has 2 aliphatic heterocycles. The zero-order chi connectivity index (χ0) is 22.2. The Morgan fingerprint density at radius 3 is 2.70 bits per heavy atom. The van der Waals surface area contributed by atoms with Crippen molar-refractivity contribution in [3.05, 3.63) is 11.6 Å². The van der Waals surface area contributed by atoms with E-state index in [1.54, 1.807) is 5.38 Å². The molecule has 1 aromatic rings. The summed E-state index contributed by atoms with van der Waals surface area (Å²) >= 11 is 1.02. The lowest BCUT2D eigenvalue weighted by atomic mass is 9.87. The molecule has 2 atom stereocenters. The molecule has 2 fully saturated rings. The van der Waals surface area contributed by atoms with E-state index >= 15 is 0 Å². The highest BCUT2D eigenvalue weighted by atomic mass is 32.2. The average molecular weight is 473 g/mol. The molecular formula is C16H22F3N3O6S2. The smallest absolute Gasteiger partial charge is 0.427 e. The number of alkyl halides is 3. The van der Waals surface area contributed by atoms with Crippen LogP contribution < -0.4 is 0 Å². The number of piperidine rings is 1. The molecular weight excluding hydrogens is 451 g/mol. The van der Waals surface area contributed by atoms with E-state index in [-0.39, 0.29) is 24.0 Å². The van der Waals surface area contributed by atoms with Gasteiger partial charge < -0.3 is 19.5 Å². The molecule has 0 aromatic carbocycles. The van der Waals surface area contributed by atoms with Crippen molar-refractivity contribution < 1.29 is 41.0 Å². The third kappa shape index (κ3) is 4.72. The number of carbonyl (C=O) groups excluding carboxylic acids is 1. The second-order valence-electron chi connectivity index (χ2n) is 7.25. The predicted molar refractivity (Wildman–Crippen MR) is 98.4 cm³/mol. The van der Waals surface area contributed by atoms with Crippen molar-refractivity contribution in [3.63, 3.8) is 0 Å². The van der Waals surface area contributed by atoms with Gasteiger partial charge in [0.05, 0.1) is 24.9 Å². The molecule has 0 unspecified atom stereocenters. The fraction of sp³-hybridized carbons (Fsp3) is 0.750. The number of aliphatic hydroxyl groups is 1. The van der Waals surface area contributed by atoms with E-state index in [1.165, 1.54) is 17.5 Å². The lowest BCUT2D eigenvalue weighted by molar-refractivity contribution is -0.215. The third-order valence-electron chi connectivity index (χ3n) is 5.42. The monoisotopic (exact) mass is 473 g/mol. The van der Waals surface area contributed by atoms with Crippen LogP contribution in [0.3, 0.4) is 0 Å². The fourth-order valence-corrected chi connectivity index (χ4v) is 5.89. The molecule has 3 rings (SSSR count). The Hall–Kier alpha value is -1.48. The standard InChI is InChI=1S/C16H22F3N3O6S2/c1-21(30(25,26)13-20-4-7-29-13)11-8-15(27-10-11)2-5-22(6-3-15)14(24)28-12(9-23)16(17,18)19/h4,7,11-12,23H,2-3,5-6,8-10H2,1H3/t11-,12-/m1/s1. The van der Waals surface area contributed by atoms with Crippen LogP contribution in [-0.2, 0) is 19.5 Å².